The highest BCUT2D eigenvalue weighted by atomic mass is 32.1. The minimum absolute atomic E-state index is 0.938. The number of hydrogen-bond donors (Lipinski definition) is 3. The summed E-state index contributed by atoms with van der Waals surface area (Å²) in [5.41, 5.74) is 3.44. The Morgan fingerprint density at radius 2 is 1.67 bits per heavy atom. The molecule has 3 nitrogen and oxygen atoms in total. The third kappa shape index (κ3) is 9.71. The highest BCUT2D eigenvalue weighted by Crippen LogP contribution is 2.13. The Bertz CT molecular complexity index is 784. The fourth-order valence-corrected chi connectivity index (χ4v) is 2.41. The van der Waals surface area contributed by atoms with Crippen LogP contribution in [0.1, 0.15) is 38.1 Å². The molecule has 1 aliphatic carbocycles. The van der Waals surface area contributed by atoms with Gasteiger partial charge in [0.1, 0.15) is 5.82 Å². The van der Waals surface area contributed by atoms with Crippen LogP contribution in [0.25, 0.3) is 11.4 Å². The Kier molecular flexibility index (Phi) is 11.5. The number of nitrogens with zero attached hydrogens (tertiary/aromatic N) is 1. The van der Waals surface area contributed by atoms with E-state index in [4.69, 9.17) is 0 Å². The van der Waals surface area contributed by atoms with Crippen LogP contribution in [0.3, 0.4) is 0 Å². The Morgan fingerprint density at radius 1 is 0.926 bits per heavy atom. The zero-order chi connectivity index (χ0) is 19.9. The van der Waals surface area contributed by atoms with Crippen LogP contribution < -0.4 is 0 Å². The molecule has 27 heavy (non-hydrogen) atoms. The highest BCUT2D eigenvalue weighted by molar-refractivity contribution is 7.84. The molecule has 0 fully saturated rings. The lowest BCUT2D eigenvalue weighted by atomic mass is 10.2. The second-order valence-electron chi connectivity index (χ2n) is 5.74. The topological polar surface area (TPSA) is 44.5 Å². The van der Waals surface area contributed by atoms with Gasteiger partial charge in [0.2, 0.25) is 0 Å². The normalized spacial score (nSPS) is 11.7. The number of aromatic amines is 2. The molecule has 4 rings (SSSR count). The molecule has 0 aliphatic heterocycles. The predicted octanol–water partition coefficient (Wildman–Crippen LogP) is 6.88. The van der Waals surface area contributed by atoms with Crippen molar-refractivity contribution in [1.29, 1.82) is 0 Å². The van der Waals surface area contributed by atoms with Gasteiger partial charge < -0.3 is 9.97 Å². The van der Waals surface area contributed by atoms with Gasteiger partial charge in [-0.15, -0.1) is 12.6 Å². The molecule has 0 unspecified atom stereocenters. The molecule has 2 N–H and O–H groups in total. The lowest BCUT2D eigenvalue weighted by Crippen LogP contribution is -1.78. The van der Waals surface area contributed by atoms with Crippen LogP contribution in [0, 0.1) is 13.8 Å². The Balaban J connectivity index is 0.000000208. The number of allylic oxidation sites excluding steroid dienone is 3. The third-order valence-electron chi connectivity index (χ3n) is 3.48. The van der Waals surface area contributed by atoms with E-state index in [0.29, 0.717) is 0 Å². The first-order valence-corrected chi connectivity index (χ1v) is 9.82. The van der Waals surface area contributed by atoms with Gasteiger partial charge in [0.15, 0.2) is 0 Å². The number of aromatic nitrogens is 3. The first-order valence-electron chi connectivity index (χ1n) is 9.38. The van der Waals surface area contributed by atoms with Crippen molar-refractivity contribution in [1.82, 2.24) is 15.0 Å². The fourth-order valence-electron chi connectivity index (χ4n) is 2.18. The van der Waals surface area contributed by atoms with E-state index in [1.165, 1.54) is 12.1 Å². The number of nitrogens with one attached hydrogen (secondary N) is 2. The van der Waals surface area contributed by atoms with Gasteiger partial charge in [-0.2, -0.15) is 0 Å². The summed E-state index contributed by atoms with van der Waals surface area (Å²) in [6, 6.07) is 14.1. The van der Waals surface area contributed by atoms with Crippen molar-refractivity contribution in [3.63, 3.8) is 0 Å². The van der Waals surface area contributed by atoms with Gasteiger partial charge >= 0.3 is 0 Å². The van der Waals surface area contributed by atoms with Crippen LogP contribution in [0.15, 0.2) is 78.0 Å². The maximum Gasteiger partial charge on any atom is 0.137 e. The second kappa shape index (κ2) is 13.7. The minimum atomic E-state index is 0.938. The largest absolute Gasteiger partial charge is 0.365 e. The Morgan fingerprint density at radius 3 is 2.04 bits per heavy atom. The van der Waals surface area contributed by atoms with Gasteiger partial charge in [-0.25, -0.2) is 4.98 Å². The van der Waals surface area contributed by atoms with Crippen LogP contribution in [0.5, 0.6) is 0 Å². The first kappa shape index (κ1) is 22.6. The minimum Gasteiger partial charge on any atom is -0.365 e. The van der Waals surface area contributed by atoms with Crippen LogP contribution in [-0.4, -0.2) is 15.0 Å². The number of rotatable bonds is 1. The van der Waals surface area contributed by atoms with E-state index in [1.54, 1.807) is 0 Å². The van der Waals surface area contributed by atoms with Crippen molar-refractivity contribution in [2.45, 2.75) is 40.5 Å². The molecule has 0 saturated heterocycles. The molecule has 0 atom stereocenters. The third-order valence-corrected chi connectivity index (χ3v) is 3.81. The SMILES string of the molecule is CC.Cc1ccc[nH]1.Cc1cnc(-c2ccccc2)[nH]1.SC1=CCCC=C1. The number of H-pyrrole nitrogens is 2. The summed E-state index contributed by atoms with van der Waals surface area (Å²) in [7, 11) is 0. The molecule has 0 bridgehead atoms. The molecule has 0 amide bonds. The summed E-state index contributed by atoms with van der Waals surface area (Å²) in [5.74, 6) is 0.938. The van der Waals surface area contributed by atoms with E-state index < -0.39 is 0 Å². The highest BCUT2D eigenvalue weighted by Gasteiger charge is 1.98. The zero-order valence-electron chi connectivity index (χ0n) is 16.7. The molecule has 2 heterocycles. The number of aryl methyl sites for hydroxylation is 2. The molecule has 2 aromatic heterocycles. The molecule has 4 heteroatoms. The second-order valence-corrected chi connectivity index (χ2v) is 6.26. The zero-order valence-corrected chi connectivity index (χ0v) is 17.6. The van der Waals surface area contributed by atoms with Gasteiger partial charge in [-0.3, -0.25) is 0 Å². The average Bonchev–Trinajstić information content (AvgIpc) is 3.37. The first-order chi connectivity index (χ1) is 13.1. The lowest BCUT2D eigenvalue weighted by Gasteiger charge is -1.95. The van der Waals surface area contributed by atoms with E-state index in [0.717, 1.165) is 28.4 Å². The van der Waals surface area contributed by atoms with Crippen molar-refractivity contribution < 1.29 is 0 Å². The smallest absolute Gasteiger partial charge is 0.137 e. The Labute approximate surface area is 169 Å². The van der Waals surface area contributed by atoms with Gasteiger partial charge in [0, 0.05) is 29.3 Å². The van der Waals surface area contributed by atoms with Crippen LogP contribution in [0.2, 0.25) is 0 Å². The molecule has 3 aromatic rings. The average molecular weight is 382 g/mol. The monoisotopic (exact) mass is 381 g/mol. The summed E-state index contributed by atoms with van der Waals surface area (Å²) in [6.45, 7) is 8.03. The van der Waals surface area contributed by atoms with Gasteiger partial charge in [0.05, 0.1) is 0 Å². The summed E-state index contributed by atoms with van der Waals surface area (Å²) >= 11 is 4.14. The lowest BCUT2D eigenvalue weighted by molar-refractivity contribution is 1.03. The molecule has 0 spiro atoms. The summed E-state index contributed by atoms with van der Waals surface area (Å²) in [4.78, 5) is 11.5. The molecule has 0 saturated carbocycles. The van der Waals surface area contributed by atoms with Crippen LogP contribution >= 0.6 is 12.6 Å². The fraction of sp³-hybridized carbons (Fsp3) is 0.261. The summed E-state index contributed by atoms with van der Waals surface area (Å²) < 4.78 is 0. The van der Waals surface area contributed by atoms with Gasteiger partial charge in [-0.1, -0.05) is 62.4 Å². The van der Waals surface area contributed by atoms with Crippen molar-refractivity contribution in [2.75, 3.05) is 0 Å². The molecular formula is C23H31N3S. The van der Waals surface area contributed by atoms with Crippen molar-refractivity contribution >= 4 is 12.6 Å². The van der Waals surface area contributed by atoms with Crippen molar-refractivity contribution in [3.05, 3.63) is 89.4 Å². The van der Waals surface area contributed by atoms with E-state index in [-0.39, 0.29) is 0 Å². The van der Waals surface area contributed by atoms with Gasteiger partial charge in [0.25, 0.3) is 0 Å². The number of thiol groups is 1. The standard InChI is InChI=1S/C10H10N2.C6H8S.C5H7N.C2H6/c1-8-7-11-10(12-8)9-5-3-2-4-6-9;7-6-4-2-1-3-5-6;1-5-3-2-4-6-5;1-2/h2-7H,1H3,(H,11,12);2,4-5,7H,1,3H2;2-4,6H,1H3;1-2H3. The number of benzene rings is 1. The van der Waals surface area contributed by atoms with E-state index in [2.05, 4.69) is 39.7 Å². The summed E-state index contributed by atoms with van der Waals surface area (Å²) in [6.07, 6.45) is 12.4. The van der Waals surface area contributed by atoms with Crippen LogP contribution in [0.4, 0.5) is 0 Å². The van der Waals surface area contributed by atoms with Crippen molar-refractivity contribution in [3.8, 4) is 11.4 Å². The maximum absolute atomic E-state index is 4.23. The van der Waals surface area contributed by atoms with Crippen LogP contribution in [-0.2, 0) is 0 Å². The molecule has 1 aliphatic rings. The Hall–Kier alpha value is -2.46. The molecule has 0 radical (unpaired) electrons. The maximum atomic E-state index is 4.23. The van der Waals surface area contributed by atoms with E-state index >= 15 is 0 Å². The number of imidazole rings is 1. The molecule has 1 aromatic carbocycles. The quantitative estimate of drug-likeness (QED) is 0.395. The van der Waals surface area contributed by atoms with E-state index in [1.807, 2.05) is 88.6 Å². The number of hydrogen-bond acceptors (Lipinski definition) is 2. The molecular weight excluding hydrogens is 350 g/mol. The van der Waals surface area contributed by atoms with Crippen molar-refractivity contribution in [2.24, 2.45) is 0 Å². The summed E-state index contributed by atoms with van der Waals surface area (Å²) in [5, 5.41) is 0. The molecule has 144 valence electrons. The van der Waals surface area contributed by atoms with E-state index in [9.17, 15) is 0 Å². The van der Waals surface area contributed by atoms with Gasteiger partial charge in [-0.05, 0) is 43.7 Å². The predicted molar refractivity (Wildman–Crippen MR) is 121 cm³/mol.